The highest BCUT2D eigenvalue weighted by molar-refractivity contribution is 5.72. The Morgan fingerprint density at radius 3 is 2.88 bits per heavy atom. The second kappa shape index (κ2) is 6.63. The number of allylic oxidation sites excluding steroid dienone is 1. The van der Waals surface area contributed by atoms with Crippen LogP contribution in [0, 0.1) is 11.3 Å². The molecule has 1 aromatic rings. The number of nitrogens with zero attached hydrogens (tertiary/aromatic N) is 3. The van der Waals surface area contributed by atoms with E-state index in [1.807, 2.05) is 0 Å². The van der Waals surface area contributed by atoms with Crippen LogP contribution in [0.3, 0.4) is 0 Å². The summed E-state index contributed by atoms with van der Waals surface area (Å²) >= 11 is 0. The van der Waals surface area contributed by atoms with Gasteiger partial charge in [0.05, 0.1) is 37.1 Å². The first-order valence-corrected chi connectivity index (χ1v) is 7.43. The third-order valence-corrected chi connectivity index (χ3v) is 3.89. The van der Waals surface area contributed by atoms with E-state index in [2.05, 4.69) is 16.4 Å². The lowest BCUT2D eigenvalue weighted by atomic mass is 10.0. The van der Waals surface area contributed by atoms with Crippen molar-refractivity contribution in [3.8, 4) is 6.07 Å². The molecule has 2 aliphatic rings. The zero-order valence-corrected chi connectivity index (χ0v) is 12.7. The molecular formula is C16H15F3N4O. The van der Waals surface area contributed by atoms with E-state index in [4.69, 9.17) is 4.74 Å². The van der Waals surface area contributed by atoms with Gasteiger partial charge < -0.3 is 15.0 Å². The molecule has 1 aromatic carbocycles. The van der Waals surface area contributed by atoms with Gasteiger partial charge in [0.1, 0.15) is 5.70 Å². The quantitative estimate of drug-likeness (QED) is 0.901. The first kappa shape index (κ1) is 16.5. The minimum atomic E-state index is -4.51. The number of hydrogen-bond acceptors (Lipinski definition) is 5. The Labute approximate surface area is 137 Å². The number of benzene rings is 1. The lowest BCUT2D eigenvalue weighted by Gasteiger charge is -2.30. The van der Waals surface area contributed by atoms with Gasteiger partial charge in [0.2, 0.25) is 0 Å². The maximum absolute atomic E-state index is 13.2. The normalized spacial score (nSPS) is 21.3. The standard InChI is InChI=1S/C16H15F3N4O/c17-16(18,19)15-10-21-3-5-23(15)12-1-2-13(11(7-12)8-20)14-9-22-4-6-24-14/h1-3,7,10,14,22H,4-6,9H2/t14-/m0/s1. The zero-order valence-electron chi connectivity index (χ0n) is 12.7. The summed E-state index contributed by atoms with van der Waals surface area (Å²) in [5.41, 5.74) is 0.438. The predicted molar refractivity (Wildman–Crippen MR) is 82.7 cm³/mol. The SMILES string of the molecule is N#Cc1cc(N2CC=NC=C2C(F)(F)F)ccc1[C@@H]1CNCCO1. The number of rotatable bonds is 2. The van der Waals surface area contributed by atoms with Crippen molar-refractivity contribution in [1.29, 1.82) is 5.26 Å². The van der Waals surface area contributed by atoms with Gasteiger partial charge in [-0.25, -0.2) is 0 Å². The van der Waals surface area contributed by atoms with Gasteiger partial charge in [-0.05, 0) is 17.7 Å². The molecule has 0 bridgehead atoms. The second-order valence-electron chi connectivity index (χ2n) is 5.40. The molecule has 1 saturated heterocycles. The van der Waals surface area contributed by atoms with Crippen LogP contribution in [0.4, 0.5) is 18.9 Å². The summed E-state index contributed by atoms with van der Waals surface area (Å²) in [5, 5.41) is 12.6. The Morgan fingerprint density at radius 1 is 1.38 bits per heavy atom. The van der Waals surface area contributed by atoms with Gasteiger partial charge in [-0.2, -0.15) is 18.4 Å². The van der Waals surface area contributed by atoms with E-state index in [1.54, 1.807) is 12.1 Å². The molecule has 1 N–H and O–H groups in total. The van der Waals surface area contributed by atoms with E-state index >= 15 is 0 Å². The van der Waals surface area contributed by atoms with Crippen LogP contribution in [-0.4, -0.2) is 38.6 Å². The van der Waals surface area contributed by atoms with Crippen LogP contribution < -0.4 is 10.2 Å². The number of anilines is 1. The number of morpholine rings is 1. The van der Waals surface area contributed by atoms with Gasteiger partial charge in [0.15, 0.2) is 0 Å². The van der Waals surface area contributed by atoms with Crippen molar-refractivity contribution in [2.45, 2.75) is 12.3 Å². The first-order chi connectivity index (χ1) is 11.5. The van der Waals surface area contributed by atoms with Crippen molar-refractivity contribution in [2.75, 3.05) is 31.1 Å². The van der Waals surface area contributed by atoms with Crippen molar-refractivity contribution < 1.29 is 17.9 Å². The van der Waals surface area contributed by atoms with Crippen LogP contribution in [0.2, 0.25) is 0 Å². The molecule has 5 nitrogen and oxygen atoms in total. The summed E-state index contributed by atoms with van der Waals surface area (Å²) in [7, 11) is 0. The lowest BCUT2D eigenvalue weighted by molar-refractivity contribution is -0.0934. The topological polar surface area (TPSA) is 60.7 Å². The van der Waals surface area contributed by atoms with Gasteiger partial charge in [-0.1, -0.05) is 6.07 Å². The third-order valence-electron chi connectivity index (χ3n) is 3.89. The first-order valence-electron chi connectivity index (χ1n) is 7.43. The highest BCUT2D eigenvalue weighted by atomic mass is 19.4. The van der Waals surface area contributed by atoms with Crippen molar-refractivity contribution in [2.24, 2.45) is 4.99 Å². The van der Waals surface area contributed by atoms with Crippen LogP contribution in [-0.2, 0) is 4.74 Å². The average molecular weight is 336 g/mol. The van der Waals surface area contributed by atoms with E-state index in [0.717, 1.165) is 17.6 Å². The number of halogens is 3. The summed E-state index contributed by atoms with van der Waals surface area (Å²) in [5.74, 6) is 0. The summed E-state index contributed by atoms with van der Waals surface area (Å²) in [6, 6.07) is 6.76. The molecule has 24 heavy (non-hydrogen) atoms. The number of hydrogen-bond donors (Lipinski definition) is 1. The van der Waals surface area contributed by atoms with E-state index in [1.165, 1.54) is 12.3 Å². The highest BCUT2D eigenvalue weighted by Crippen LogP contribution is 2.35. The fraction of sp³-hybridized carbons (Fsp3) is 0.375. The maximum atomic E-state index is 13.2. The molecule has 1 atom stereocenters. The minimum Gasteiger partial charge on any atom is -0.371 e. The molecule has 1 fully saturated rings. The number of nitrogens with one attached hydrogen (secondary N) is 1. The van der Waals surface area contributed by atoms with Gasteiger partial charge in [-0.15, -0.1) is 0 Å². The molecular weight excluding hydrogens is 321 g/mol. The van der Waals surface area contributed by atoms with Gasteiger partial charge in [0, 0.05) is 25.0 Å². The molecule has 8 heteroatoms. The van der Waals surface area contributed by atoms with Crippen molar-refractivity contribution in [3.05, 3.63) is 41.2 Å². The third kappa shape index (κ3) is 3.27. The highest BCUT2D eigenvalue weighted by Gasteiger charge is 2.39. The van der Waals surface area contributed by atoms with Crippen molar-refractivity contribution in [1.82, 2.24) is 5.32 Å². The zero-order chi connectivity index (χ0) is 17.2. The van der Waals surface area contributed by atoms with Crippen LogP contribution >= 0.6 is 0 Å². The molecule has 0 amide bonds. The Kier molecular flexibility index (Phi) is 4.55. The molecule has 3 rings (SSSR count). The summed E-state index contributed by atoms with van der Waals surface area (Å²) < 4.78 is 45.1. The number of aliphatic imine (C=N–C) groups is 1. The molecule has 0 saturated carbocycles. The number of alkyl halides is 3. The summed E-state index contributed by atoms with van der Waals surface area (Å²) in [6.45, 7) is 1.83. The predicted octanol–water partition coefficient (Wildman–Crippen LogP) is 2.51. The van der Waals surface area contributed by atoms with Crippen LogP contribution in [0.5, 0.6) is 0 Å². The fourth-order valence-corrected chi connectivity index (χ4v) is 2.75. The van der Waals surface area contributed by atoms with E-state index in [-0.39, 0.29) is 12.6 Å². The fourth-order valence-electron chi connectivity index (χ4n) is 2.75. The summed E-state index contributed by atoms with van der Waals surface area (Å²) in [4.78, 5) is 4.69. The summed E-state index contributed by atoms with van der Waals surface area (Å²) in [6.07, 6.45) is -2.61. The smallest absolute Gasteiger partial charge is 0.371 e. The molecule has 0 unspecified atom stereocenters. The lowest BCUT2D eigenvalue weighted by Crippen LogP contribution is -2.35. The largest absolute Gasteiger partial charge is 0.432 e. The van der Waals surface area contributed by atoms with Crippen molar-refractivity contribution >= 4 is 11.9 Å². The molecule has 0 aliphatic carbocycles. The van der Waals surface area contributed by atoms with Crippen LogP contribution in [0.1, 0.15) is 17.2 Å². The van der Waals surface area contributed by atoms with E-state index in [0.29, 0.717) is 30.0 Å². The Balaban J connectivity index is 1.94. The average Bonchev–Trinajstić information content (AvgIpc) is 2.61. The Hall–Kier alpha value is -2.37. The Morgan fingerprint density at radius 2 is 2.21 bits per heavy atom. The minimum absolute atomic E-state index is 0.00293. The van der Waals surface area contributed by atoms with Gasteiger partial charge in [0.25, 0.3) is 0 Å². The van der Waals surface area contributed by atoms with Crippen LogP contribution in [0.15, 0.2) is 35.1 Å². The molecule has 126 valence electrons. The molecule has 0 aromatic heterocycles. The Bertz CT molecular complexity index is 715. The number of nitriles is 1. The van der Waals surface area contributed by atoms with Crippen LogP contribution in [0.25, 0.3) is 0 Å². The molecule has 0 spiro atoms. The molecule has 0 radical (unpaired) electrons. The van der Waals surface area contributed by atoms with E-state index in [9.17, 15) is 18.4 Å². The van der Waals surface area contributed by atoms with E-state index < -0.39 is 11.9 Å². The maximum Gasteiger partial charge on any atom is 0.432 e. The number of ether oxygens (including phenoxy) is 1. The van der Waals surface area contributed by atoms with Gasteiger partial charge >= 0.3 is 6.18 Å². The van der Waals surface area contributed by atoms with Gasteiger partial charge in [-0.3, -0.25) is 4.99 Å². The second-order valence-corrected chi connectivity index (χ2v) is 5.40. The van der Waals surface area contributed by atoms with Crippen molar-refractivity contribution in [3.63, 3.8) is 0 Å². The molecule has 2 aliphatic heterocycles. The molecule has 2 heterocycles. The monoisotopic (exact) mass is 336 g/mol.